The van der Waals surface area contributed by atoms with Gasteiger partial charge in [-0.05, 0) is 34.5 Å². The highest BCUT2D eigenvalue weighted by atomic mass is 79.9. The van der Waals surface area contributed by atoms with Gasteiger partial charge in [0.05, 0.1) is 22.2 Å². The zero-order chi connectivity index (χ0) is 12.1. The topological polar surface area (TPSA) is 50.1 Å². The molecule has 0 spiro atoms. The zero-order valence-electron chi connectivity index (χ0n) is 8.59. The number of halogens is 2. The molecule has 0 N–H and O–H groups in total. The molecule has 3 nitrogen and oxygen atoms in total. The van der Waals surface area contributed by atoms with Crippen LogP contribution in [-0.2, 0) is 10.6 Å². The third-order valence-corrected chi connectivity index (χ3v) is 3.09. The number of rotatable bonds is 3. The average molecular weight is 303 g/mol. The second-order valence-corrected chi connectivity index (χ2v) is 3.99. The van der Waals surface area contributed by atoms with E-state index in [0.29, 0.717) is 27.8 Å². The van der Waals surface area contributed by atoms with Crippen molar-refractivity contribution < 1.29 is 9.53 Å². The van der Waals surface area contributed by atoms with E-state index >= 15 is 0 Å². The van der Waals surface area contributed by atoms with E-state index in [9.17, 15) is 4.79 Å². The number of nitrogens with zero attached hydrogens (tertiary/aromatic N) is 1. The molecule has 1 aromatic carbocycles. The molecule has 0 saturated carbocycles. The maximum absolute atomic E-state index is 11.5. The van der Waals surface area contributed by atoms with Crippen LogP contribution in [0.4, 0.5) is 0 Å². The summed E-state index contributed by atoms with van der Waals surface area (Å²) in [5, 5.41) is 8.98. The molecule has 0 heterocycles. The number of hydrogen-bond donors (Lipinski definition) is 0. The number of carbonyl (C=O) groups is 1. The average Bonchev–Trinajstić information content (AvgIpc) is 2.28. The van der Waals surface area contributed by atoms with Gasteiger partial charge in [0.2, 0.25) is 0 Å². The minimum absolute atomic E-state index is 0.227. The maximum Gasteiger partial charge on any atom is 0.339 e. The summed E-state index contributed by atoms with van der Waals surface area (Å²) in [6.07, 6.45) is 0. The highest BCUT2D eigenvalue weighted by molar-refractivity contribution is 9.10. The third kappa shape index (κ3) is 2.55. The van der Waals surface area contributed by atoms with Crippen molar-refractivity contribution in [2.45, 2.75) is 12.8 Å². The summed E-state index contributed by atoms with van der Waals surface area (Å²) in [5.74, 6) is -0.225. The molecular weight excluding hydrogens is 293 g/mol. The van der Waals surface area contributed by atoms with Crippen molar-refractivity contribution in [2.24, 2.45) is 0 Å². The maximum atomic E-state index is 11.5. The molecule has 0 aliphatic heterocycles. The molecule has 1 aromatic rings. The molecule has 0 unspecified atom stereocenters. The molecule has 0 aromatic heterocycles. The van der Waals surface area contributed by atoms with Crippen molar-refractivity contribution in [3.05, 3.63) is 33.3 Å². The van der Waals surface area contributed by atoms with Crippen LogP contribution in [0.1, 0.15) is 28.4 Å². The van der Waals surface area contributed by atoms with Crippen molar-refractivity contribution in [3.63, 3.8) is 0 Å². The van der Waals surface area contributed by atoms with E-state index in [1.54, 1.807) is 19.1 Å². The minimum Gasteiger partial charge on any atom is -0.462 e. The van der Waals surface area contributed by atoms with Gasteiger partial charge >= 0.3 is 5.97 Å². The number of alkyl halides is 1. The van der Waals surface area contributed by atoms with Gasteiger partial charge in [0.25, 0.3) is 0 Å². The van der Waals surface area contributed by atoms with Gasteiger partial charge in [0, 0.05) is 5.88 Å². The van der Waals surface area contributed by atoms with Gasteiger partial charge in [-0.1, -0.05) is 6.07 Å². The summed E-state index contributed by atoms with van der Waals surface area (Å²) >= 11 is 8.91. The molecule has 0 radical (unpaired) electrons. The smallest absolute Gasteiger partial charge is 0.339 e. The van der Waals surface area contributed by atoms with Crippen LogP contribution < -0.4 is 0 Å². The van der Waals surface area contributed by atoms with Crippen molar-refractivity contribution in [1.82, 2.24) is 0 Å². The summed E-state index contributed by atoms with van der Waals surface area (Å²) in [6, 6.07) is 5.27. The molecular formula is C11H9BrClNO2. The van der Waals surface area contributed by atoms with Crippen LogP contribution >= 0.6 is 27.5 Å². The summed E-state index contributed by atoms with van der Waals surface area (Å²) in [6.45, 7) is 2.02. The Morgan fingerprint density at radius 3 is 2.81 bits per heavy atom. The van der Waals surface area contributed by atoms with Crippen LogP contribution in [0.25, 0.3) is 0 Å². The minimum atomic E-state index is -0.452. The molecule has 84 valence electrons. The number of carbonyl (C=O) groups excluding carboxylic acids is 1. The van der Waals surface area contributed by atoms with E-state index in [2.05, 4.69) is 15.9 Å². The molecule has 0 atom stereocenters. The van der Waals surface area contributed by atoms with Gasteiger partial charge in [-0.15, -0.1) is 11.6 Å². The van der Waals surface area contributed by atoms with Crippen LogP contribution in [-0.4, -0.2) is 12.6 Å². The lowest BCUT2D eigenvalue weighted by Gasteiger charge is -2.08. The predicted octanol–water partition coefficient (Wildman–Crippen LogP) is 3.24. The van der Waals surface area contributed by atoms with E-state index < -0.39 is 5.97 Å². The second-order valence-electron chi connectivity index (χ2n) is 2.93. The Bertz CT molecular complexity index is 454. The van der Waals surface area contributed by atoms with Crippen molar-refractivity contribution >= 4 is 33.5 Å². The highest BCUT2D eigenvalue weighted by Gasteiger charge is 2.16. The molecule has 0 aliphatic rings. The lowest BCUT2D eigenvalue weighted by molar-refractivity contribution is 0.0525. The SMILES string of the molecule is CCOC(=O)c1ccc(CCl)c(C#N)c1Br. The fraction of sp³-hybridized carbons (Fsp3) is 0.273. The lowest BCUT2D eigenvalue weighted by atomic mass is 10.1. The molecule has 1 rings (SSSR count). The van der Waals surface area contributed by atoms with Crippen LogP contribution in [0.15, 0.2) is 16.6 Å². The molecule has 0 saturated heterocycles. The Balaban J connectivity index is 3.25. The number of esters is 1. The molecule has 0 fully saturated rings. The van der Waals surface area contributed by atoms with E-state index in [1.165, 1.54) is 0 Å². The number of benzene rings is 1. The standard InChI is InChI=1S/C11H9BrClNO2/c1-2-16-11(15)8-4-3-7(5-13)9(6-14)10(8)12/h3-4H,2,5H2,1H3. The van der Waals surface area contributed by atoms with Crippen molar-refractivity contribution in [3.8, 4) is 6.07 Å². The number of nitriles is 1. The number of hydrogen-bond acceptors (Lipinski definition) is 3. The highest BCUT2D eigenvalue weighted by Crippen LogP contribution is 2.26. The van der Waals surface area contributed by atoms with Gasteiger partial charge in [-0.3, -0.25) is 0 Å². The van der Waals surface area contributed by atoms with Gasteiger partial charge in [-0.25, -0.2) is 4.79 Å². The molecule has 16 heavy (non-hydrogen) atoms. The van der Waals surface area contributed by atoms with Gasteiger partial charge in [0.15, 0.2) is 0 Å². The molecule has 5 heteroatoms. The first kappa shape index (κ1) is 13.0. The van der Waals surface area contributed by atoms with Crippen LogP contribution in [0, 0.1) is 11.3 Å². The van der Waals surface area contributed by atoms with Crippen LogP contribution in [0.5, 0.6) is 0 Å². The Kier molecular flexibility index (Phi) is 4.78. The first-order valence-corrected chi connectivity index (χ1v) is 5.93. The van der Waals surface area contributed by atoms with E-state index in [4.69, 9.17) is 21.6 Å². The van der Waals surface area contributed by atoms with E-state index in [-0.39, 0.29) is 5.88 Å². The molecule has 0 bridgehead atoms. The Hall–Kier alpha value is -1.05. The summed E-state index contributed by atoms with van der Waals surface area (Å²) in [4.78, 5) is 11.5. The van der Waals surface area contributed by atoms with E-state index in [1.807, 2.05) is 6.07 Å². The Labute approximate surface area is 107 Å². The molecule has 0 aliphatic carbocycles. The summed E-state index contributed by atoms with van der Waals surface area (Å²) in [5.41, 5.74) is 1.40. The van der Waals surface area contributed by atoms with Crippen LogP contribution in [0.2, 0.25) is 0 Å². The quantitative estimate of drug-likeness (QED) is 0.636. The summed E-state index contributed by atoms with van der Waals surface area (Å²) < 4.78 is 5.31. The zero-order valence-corrected chi connectivity index (χ0v) is 10.9. The van der Waals surface area contributed by atoms with Gasteiger partial charge in [0.1, 0.15) is 6.07 Å². The fourth-order valence-corrected chi connectivity index (χ4v) is 2.07. The molecule has 0 amide bonds. The second kappa shape index (κ2) is 5.88. The largest absolute Gasteiger partial charge is 0.462 e. The van der Waals surface area contributed by atoms with Crippen molar-refractivity contribution in [1.29, 1.82) is 5.26 Å². The fourth-order valence-electron chi connectivity index (χ4n) is 1.21. The lowest BCUT2D eigenvalue weighted by Crippen LogP contribution is -2.07. The normalized spacial score (nSPS) is 9.62. The third-order valence-electron chi connectivity index (χ3n) is 1.98. The van der Waals surface area contributed by atoms with Crippen molar-refractivity contribution in [2.75, 3.05) is 6.61 Å². The Morgan fingerprint density at radius 2 is 2.31 bits per heavy atom. The summed E-state index contributed by atoms with van der Waals surface area (Å²) in [7, 11) is 0. The van der Waals surface area contributed by atoms with Crippen LogP contribution in [0.3, 0.4) is 0 Å². The van der Waals surface area contributed by atoms with E-state index in [0.717, 1.165) is 0 Å². The van der Waals surface area contributed by atoms with Gasteiger partial charge < -0.3 is 4.74 Å². The van der Waals surface area contributed by atoms with Gasteiger partial charge in [-0.2, -0.15) is 5.26 Å². The monoisotopic (exact) mass is 301 g/mol. The first-order valence-electron chi connectivity index (χ1n) is 4.60. The predicted molar refractivity (Wildman–Crippen MR) is 64.4 cm³/mol. The Morgan fingerprint density at radius 1 is 1.62 bits per heavy atom. The first-order chi connectivity index (χ1) is 7.65. The number of ether oxygens (including phenoxy) is 1.